The summed E-state index contributed by atoms with van der Waals surface area (Å²) in [5.41, 5.74) is 0.943. The van der Waals surface area contributed by atoms with E-state index in [-0.39, 0.29) is 5.69 Å². The maximum absolute atomic E-state index is 13.5. The molecule has 154 valence electrons. The second-order valence-electron chi connectivity index (χ2n) is 9.39. The van der Waals surface area contributed by atoms with Crippen molar-refractivity contribution in [2.24, 2.45) is 23.2 Å². The molecule has 1 heterocycles. The molecule has 4 bridgehead atoms. The number of carbonyl (C=O) groups excluding carboxylic acids is 2. The molecular weight excluding hydrogens is 376 g/mol. The number of hydrogen-bond acceptors (Lipinski definition) is 2. The van der Waals surface area contributed by atoms with Crippen molar-refractivity contribution in [1.82, 2.24) is 10.3 Å². The number of benzene rings is 1. The maximum Gasteiger partial charge on any atom is 0.313 e. The van der Waals surface area contributed by atoms with E-state index in [0.717, 1.165) is 36.3 Å². The molecule has 0 spiro atoms. The van der Waals surface area contributed by atoms with Gasteiger partial charge in [-0.05, 0) is 74.2 Å². The number of anilines is 1. The number of carbonyl (C=O) groups is 2. The molecule has 4 aliphatic rings. The quantitative estimate of drug-likeness (QED) is 0.675. The lowest BCUT2D eigenvalue weighted by Gasteiger charge is -2.57. The first-order chi connectivity index (χ1) is 13.9. The minimum atomic E-state index is -1.01. The molecular formula is C22H25F2N3O2. The molecule has 2 aromatic rings. The van der Waals surface area contributed by atoms with Crippen LogP contribution in [0.5, 0.6) is 0 Å². The molecule has 1 aromatic carbocycles. The van der Waals surface area contributed by atoms with E-state index in [1.165, 1.54) is 44.7 Å². The van der Waals surface area contributed by atoms with E-state index in [9.17, 15) is 18.4 Å². The van der Waals surface area contributed by atoms with E-state index < -0.39 is 23.4 Å². The Labute approximate surface area is 167 Å². The molecule has 4 aliphatic carbocycles. The van der Waals surface area contributed by atoms with Crippen LogP contribution in [0.1, 0.15) is 44.9 Å². The Morgan fingerprint density at radius 3 is 2.28 bits per heavy atom. The molecule has 2 amide bonds. The van der Waals surface area contributed by atoms with Gasteiger partial charge < -0.3 is 15.6 Å². The molecule has 29 heavy (non-hydrogen) atoms. The Hall–Kier alpha value is -2.44. The molecule has 0 radical (unpaired) electrons. The van der Waals surface area contributed by atoms with Crippen molar-refractivity contribution in [3.63, 3.8) is 0 Å². The van der Waals surface area contributed by atoms with Crippen LogP contribution in [0.4, 0.5) is 14.5 Å². The minimum absolute atomic E-state index is 0.250. The van der Waals surface area contributed by atoms with Crippen molar-refractivity contribution in [2.75, 3.05) is 11.9 Å². The first kappa shape index (κ1) is 18.6. The summed E-state index contributed by atoms with van der Waals surface area (Å²) in [7, 11) is 0. The number of H-pyrrole nitrogens is 1. The Bertz CT molecular complexity index is 949. The largest absolute Gasteiger partial charge is 0.359 e. The molecule has 0 unspecified atom stereocenters. The van der Waals surface area contributed by atoms with Crippen molar-refractivity contribution in [3.8, 4) is 0 Å². The van der Waals surface area contributed by atoms with Gasteiger partial charge in [0.1, 0.15) is 0 Å². The average Bonchev–Trinajstić information content (AvgIpc) is 3.02. The van der Waals surface area contributed by atoms with Gasteiger partial charge in [-0.25, -0.2) is 8.78 Å². The van der Waals surface area contributed by atoms with Crippen LogP contribution in [0.15, 0.2) is 18.3 Å². The number of aromatic amines is 1. The van der Waals surface area contributed by atoms with Crippen LogP contribution in [0.25, 0.3) is 10.9 Å². The molecule has 4 fully saturated rings. The van der Waals surface area contributed by atoms with Crippen molar-refractivity contribution in [3.05, 3.63) is 30.0 Å². The van der Waals surface area contributed by atoms with Crippen LogP contribution in [0.2, 0.25) is 0 Å². The van der Waals surface area contributed by atoms with Crippen molar-refractivity contribution in [1.29, 1.82) is 0 Å². The second-order valence-corrected chi connectivity index (χ2v) is 9.39. The van der Waals surface area contributed by atoms with Crippen LogP contribution in [0.3, 0.4) is 0 Å². The number of hydrogen-bond donors (Lipinski definition) is 3. The van der Waals surface area contributed by atoms with Gasteiger partial charge in [-0.15, -0.1) is 0 Å². The zero-order chi connectivity index (χ0) is 20.2. The molecule has 4 saturated carbocycles. The summed E-state index contributed by atoms with van der Waals surface area (Å²) in [6.45, 7) is 0.492. The number of nitrogens with one attached hydrogen (secondary N) is 3. The lowest BCUT2D eigenvalue weighted by molar-refractivity contribution is -0.136. The third-order valence-corrected chi connectivity index (χ3v) is 7.28. The van der Waals surface area contributed by atoms with Crippen LogP contribution >= 0.6 is 0 Å². The predicted molar refractivity (Wildman–Crippen MR) is 105 cm³/mol. The van der Waals surface area contributed by atoms with Crippen LogP contribution in [-0.4, -0.2) is 23.3 Å². The third kappa shape index (κ3) is 3.40. The highest BCUT2D eigenvalue weighted by atomic mass is 19.2. The molecule has 7 heteroatoms. The number of aromatic nitrogens is 1. The molecule has 0 saturated heterocycles. The maximum atomic E-state index is 13.5. The highest BCUT2D eigenvalue weighted by Gasteiger charge is 2.50. The zero-order valence-corrected chi connectivity index (χ0v) is 16.2. The molecule has 5 nitrogen and oxygen atoms in total. The number of halogens is 2. The Kier molecular flexibility index (Phi) is 4.37. The van der Waals surface area contributed by atoms with Crippen molar-refractivity contribution in [2.45, 2.75) is 44.9 Å². The predicted octanol–water partition coefficient (Wildman–Crippen LogP) is 4.11. The van der Waals surface area contributed by atoms with Crippen molar-refractivity contribution >= 4 is 28.4 Å². The molecule has 0 atom stereocenters. The number of fused-ring (bicyclic) bond motifs is 1. The SMILES string of the molecule is O=C(NCCC12CC3C[C@H](C1)C[C@@H](C3)C2)C(=O)Nc1c[nH]c2cc(F)c(F)cc12. The first-order valence-corrected chi connectivity index (χ1v) is 10.5. The molecule has 1 aromatic heterocycles. The first-order valence-electron chi connectivity index (χ1n) is 10.5. The van der Waals surface area contributed by atoms with E-state index in [1.54, 1.807) is 0 Å². The van der Waals surface area contributed by atoms with Crippen molar-refractivity contribution < 1.29 is 18.4 Å². The van der Waals surface area contributed by atoms with E-state index in [1.807, 2.05) is 0 Å². The third-order valence-electron chi connectivity index (χ3n) is 7.28. The summed E-state index contributed by atoms with van der Waals surface area (Å²) < 4.78 is 26.8. The summed E-state index contributed by atoms with van der Waals surface area (Å²) >= 11 is 0. The normalized spacial score (nSPS) is 29.9. The van der Waals surface area contributed by atoms with Gasteiger partial charge in [0.05, 0.1) is 11.2 Å². The van der Waals surface area contributed by atoms with E-state index in [4.69, 9.17) is 0 Å². The van der Waals surface area contributed by atoms with Gasteiger partial charge in [-0.3, -0.25) is 9.59 Å². The van der Waals surface area contributed by atoms with E-state index in [2.05, 4.69) is 15.6 Å². The summed E-state index contributed by atoms with van der Waals surface area (Å²) in [6.07, 6.45) is 10.3. The summed E-state index contributed by atoms with van der Waals surface area (Å²) in [5, 5.41) is 5.55. The topological polar surface area (TPSA) is 74.0 Å². The number of amides is 2. The summed E-state index contributed by atoms with van der Waals surface area (Å²) in [4.78, 5) is 27.3. The summed E-state index contributed by atoms with van der Waals surface area (Å²) in [5.74, 6) is -0.924. The highest BCUT2D eigenvalue weighted by Crippen LogP contribution is 2.61. The average molecular weight is 401 g/mol. The van der Waals surface area contributed by atoms with Gasteiger partial charge in [0.2, 0.25) is 0 Å². The lowest BCUT2D eigenvalue weighted by atomic mass is 9.49. The van der Waals surface area contributed by atoms with Gasteiger partial charge in [-0.1, -0.05) is 0 Å². The fraction of sp³-hybridized carbons (Fsp3) is 0.545. The van der Waals surface area contributed by atoms with E-state index in [0.29, 0.717) is 22.9 Å². The summed E-state index contributed by atoms with van der Waals surface area (Å²) in [6, 6.07) is 2.02. The zero-order valence-electron chi connectivity index (χ0n) is 16.2. The molecule has 3 N–H and O–H groups in total. The fourth-order valence-corrected chi connectivity index (χ4v) is 6.52. The lowest BCUT2D eigenvalue weighted by Crippen LogP contribution is -2.47. The van der Waals surface area contributed by atoms with E-state index >= 15 is 0 Å². The molecule has 0 aliphatic heterocycles. The van der Waals surface area contributed by atoms with Gasteiger partial charge in [0, 0.05) is 24.2 Å². The Morgan fingerprint density at radius 2 is 1.62 bits per heavy atom. The molecule has 6 rings (SSSR count). The van der Waals surface area contributed by atoms with Gasteiger partial charge in [0.15, 0.2) is 11.6 Å². The van der Waals surface area contributed by atoms with Gasteiger partial charge in [-0.2, -0.15) is 0 Å². The standard InChI is InChI=1S/C22H25F2N3O2/c23-16-6-15-18(7-17(16)24)26-11-19(15)27-21(29)20(28)25-2-1-22-8-12-3-13(9-22)5-14(4-12)10-22/h6-7,11-14,26H,1-5,8-10H2,(H,25,28)(H,27,29)/t12-,13+,14?,22?. The monoisotopic (exact) mass is 401 g/mol. The van der Waals surface area contributed by atoms with Gasteiger partial charge in [0.25, 0.3) is 0 Å². The Balaban J connectivity index is 1.18. The van der Waals surface area contributed by atoms with Crippen LogP contribution in [0, 0.1) is 34.8 Å². The smallest absolute Gasteiger partial charge is 0.313 e. The minimum Gasteiger partial charge on any atom is -0.359 e. The Morgan fingerprint density at radius 1 is 1.00 bits per heavy atom. The van der Waals surface area contributed by atoms with Crippen LogP contribution < -0.4 is 10.6 Å². The fourth-order valence-electron chi connectivity index (χ4n) is 6.52. The highest BCUT2D eigenvalue weighted by molar-refractivity contribution is 6.40. The second kappa shape index (κ2) is 6.82. The van der Waals surface area contributed by atoms with Crippen LogP contribution in [-0.2, 0) is 9.59 Å². The number of rotatable bonds is 4. The van der Waals surface area contributed by atoms with Gasteiger partial charge >= 0.3 is 11.8 Å².